The molecule has 0 aliphatic heterocycles. The van der Waals surface area contributed by atoms with E-state index < -0.39 is 0 Å². The maximum atomic E-state index is 6.76. The van der Waals surface area contributed by atoms with Gasteiger partial charge in [-0.2, -0.15) is 0 Å². The van der Waals surface area contributed by atoms with Gasteiger partial charge in [-0.15, -0.1) is 6.58 Å². The molecule has 1 N–H and O–H groups in total. The van der Waals surface area contributed by atoms with Gasteiger partial charge in [0.2, 0.25) is 0 Å². The molecule has 1 heteroatoms. The molecule has 0 aromatic heterocycles. The molecule has 0 heterocycles. The highest BCUT2D eigenvalue weighted by atomic mass is 14.3. The second-order valence-corrected chi connectivity index (χ2v) is 3.71. The molecule has 66 valence electrons. The first-order valence-corrected chi connectivity index (χ1v) is 4.04. The van der Waals surface area contributed by atoms with Gasteiger partial charge in [0.25, 0.3) is 0 Å². The van der Waals surface area contributed by atoms with Gasteiger partial charge in [0.1, 0.15) is 0 Å². The molecule has 1 nitrogen and oxygen atoms in total. The largest absolute Gasteiger partial charge is 0.313 e. The van der Waals surface area contributed by atoms with Crippen molar-refractivity contribution in [3.8, 4) is 0 Å². The molecule has 0 aliphatic rings. The minimum Gasteiger partial charge on any atom is -0.313 e. The standard InChI is InChI=1S/C7H15N.C3H6/c1-7(2,3)5-4-6-8;1-3-2/h6,8H,4-5H2,1-3H3;3H,1H2,2H3. The third-order valence-electron chi connectivity index (χ3n) is 1.04. The maximum Gasteiger partial charge on any atom is -0.00475 e. The van der Waals surface area contributed by atoms with E-state index in [1.165, 1.54) is 6.21 Å². The first-order chi connectivity index (χ1) is 4.97. The van der Waals surface area contributed by atoms with E-state index in [1.807, 2.05) is 6.92 Å². The normalized spacial score (nSPS) is 9.45. The third kappa shape index (κ3) is 26.6. The minimum absolute atomic E-state index is 0.400. The van der Waals surface area contributed by atoms with E-state index in [4.69, 9.17) is 5.41 Å². The number of allylic oxidation sites excluding steroid dienone is 1. The first-order valence-electron chi connectivity index (χ1n) is 4.04. The van der Waals surface area contributed by atoms with Crippen LogP contribution in [-0.4, -0.2) is 6.21 Å². The fourth-order valence-corrected chi connectivity index (χ4v) is 0.505. The number of hydrogen-bond acceptors (Lipinski definition) is 1. The Bertz CT molecular complexity index is 97.9. The van der Waals surface area contributed by atoms with Gasteiger partial charge in [-0.05, 0) is 31.4 Å². The number of hydrogen-bond donors (Lipinski definition) is 1. The van der Waals surface area contributed by atoms with E-state index in [-0.39, 0.29) is 0 Å². The Kier molecular flexibility index (Phi) is 8.91. The minimum atomic E-state index is 0.400. The van der Waals surface area contributed by atoms with Crippen molar-refractivity contribution >= 4 is 6.21 Å². The van der Waals surface area contributed by atoms with Crippen LogP contribution in [0.15, 0.2) is 12.7 Å². The molecule has 0 atom stereocenters. The fraction of sp³-hybridized carbons (Fsp3) is 0.700. The lowest BCUT2D eigenvalue weighted by atomic mass is 9.91. The van der Waals surface area contributed by atoms with Crippen LogP contribution in [0.25, 0.3) is 0 Å². The van der Waals surface area contributed by atoms with Gasteiger partial charge in [0.15, 0.2) is 0 Å². The summed E-state index contributed by atoms with van der Waals surface area (Å²) in [6.07, 6.45) is 5.27. The lowest BCUT2D eigenvalue weighted by Crippen LogP contribution is -2.03. The van der Waals surface area contributed by atoms with Crippen LogP contribution >= 0.6 is 0 Å². The summed E-state index contributed by atoms with van der Waals surface area (Å²) in [4.78, 5) is 0. The first kappa shape index (κ1) is 13.0. The molecule has 0 saturated carbocycles. The van der Waals surface area contributed by atoms with Crippen LogP contribution < -0.4 is 0 Å². The van der Waals surface area contributed by atoms with E-state index in [9.17, 15) is 0 Å². The van der Waals surface area contributed by atoms with Crippen LogP contribution in [-0.2, 0) is 0 Å². The van der Waals surface area contributed by atoms with Crippen LogP contribution in [0.1, 0.15) is 40.5 Å². The van der Waals surface area contributed by atoms with E-state index in [0.717, 1.165) is 12.8 Å². The van der Waals surface area contributed by atoms with E-state index in [0.29, 0.717) is 5.41 Å². The van der Waals surface area contributed by atoms with Crippen molar-refractivity contribution in [1.82, 2.24) is 0 Å². The second kappa shape index (κ2) is 7.52. The van der Waals surface area contributed by atoms with Gasteiger partial charge in [-0.25, -0.2) is 0 Å². The van der Waals surface area contributed by atoms with Crippen molar-refractivity contribution in [2.75, 3.05) is 0 Å². The Balaban J connectivity index is 0. The van der Waals surface area contributed by atoms with Gasteiger partial charge in [0.05, 0.1) is 0 Å². The van der Waals surface area contributed by atoms with Crippen LogP contribution in [0.5, 0.6) is 0 Å². The molecule has 0 bridgehead atoms. The Morgan fingerprint density at radius 2 is 1.73 bits per heavy atom. The monoisotopic (exact) mass is 155 g/mol. The molecule has 0 unspecified atom stereocenters. The molecular weight excluding hydrogens is 134 g/mol. The fourth-order valence-electron chi connectivity index (χ4n) is 0.505. The topological polar surface area (TPSA) is 23.9 Å². The van der Waals surface area contributed by atoms with Crippen molar-refractivity contribution in [3.63, 3.8) is 0 Å². The van der Waals surface area contributed by atoms with Gasteiger partial charge in [-0.3, -0.25) is 0 Å². The second-order valence-electron chi connectivity index (χ2n) is 3.71. The van der Waals surface area contributed by atoms with Crippen molar-refractivity contribution in [2.45, 2.75) is 40.5 Å². The highest BCUT2D eigenvalue weighted by Gasteiger charge is 2.07. The lowest BCUT2D eigenvalue weighted by molar-refractivity contribution is 0.387. The van der Waals surface area contributed by atoms with Crippen LogP contribution in [0, 0.1) is 10.8 Å². The van der Waals surface area contributed by atoms with Crippen molar-refractivity contribution in [2.24, 2.45) is 5.41 Å². The van der Waals surface area contributed by atoms with Crippen molar-refractivity contribution < 1.29 is 0 Å². The summed E-state index contributed by atoms with van der Waals surface area (Å²) in [6.45, 7) is 11.8. The van der Waals surface area contributed by atoms with Crippen LogP contribution in [0.2, 0.25) is 0 Å². The molecule has 0 amide bonds. The van der Waals surface area contributed by atoms with Crippen molar-refractivity contribution in [1.29, 1.82) is 5.41 Å². The van der Waals surface area contributed by atoms with E-state index >= 15 is 0 Å². The van der Waals surface area contributed by atoms with E-state index in [1.54, 1.807) is 6.08 Å². The summed E-state index contributed by atoms with van der Waals surface area (Å²) in [5.74, 6) is 0. The van der Waals surface area contributed by atoms with Gasteiger partial charge >= 0.3 is 0 Å². The van der Waals surface area contributed by atoms with Gasteiger partial charge in [-0.1, -0.05) is 26.8 Å². The molecular formula is C10H21N. The zero-order valence-corrected chi connectivity index (χ0v) is 8.28. The zero-order chi connectivity index (χ0) is 9.33. The molecule has 0 aromatic rings. The highest BCUT2D eigenvalue weighted by molar-refractivity contribution is 5.52. The molecule has 0 fully saturated rings. The lowest BCUT2D eigenvalue weighted by Gasteiger charge is -2.15. The zero-order valence-electron chi connectivity index (χ0n) is 8.28. The third-order valence-corrected chi connectivity index (χ3v) is 1.04. The average molecular weight is 155 g/mol. The number of nitrogens with one attached hydrogen (secondary N) is 1. The summed E-state index contributed by atoms with van der Waals surface area (Å²) in [6, 6.07) is 0. The number of rotatable bonds is 2. The molecule has 0 rings (SSSR count). The molecule has 11 heavy (non-hydrogen) atoms. The summed E-state index contributed by atoms with van der Waals surface area (Å²) < 4.78 is 0. The molecule has 0 saturated heterocycles. The summed E-state index contributed by atoms with van der Waals surface area (Å²) in [5.41, 5.74) is 0.400. The molecule has 0 aromatic carbocycles. The van der Waals surface area contributed by atoms with Crippen molar-refractivity contribution in [3.05, 3.63) is 12.7 Å². The average Bonchev–Trinajstić information content (AvgIpc) is 1.84. The summed E-state index contributed by atoms with van der Waals surface area (Å²) >= 11 is 0. The van der Waals surface area contributed by atoms with Gasteiger partial charge < -0.3 is 5.41 Å². The molecule has 0 aliphatic carbocycles. The smallest absolute Gasteiger partial charge is 0.00475 e. The predicted octanol–water partition coefficient (Wildman–Crippen LogP) is 3.65. The molecule has 0 spiro atoms. The summed E-state index contributed by atoms with van der Waals surface area (Å²) in [5, 5.41) is 6.76. The Labute approximate surface area is 71.0 Å². The highest BCUT2D eigenvalue weighted by Crippen LogP contribution is 2.19. The molecule has 0 radical (unpaired) electrons. The van der Waals surface area contributed by atoms with E-state index in [2.05, 4.69) is 27.4 Å². The maximum absolute atomic E-state index is 6.76. The quantitative estimate of drug-likeness (QED) is 0.465. The Morgan fingerprint density at radius 3 is 1.82 bits per heavy atom. The SMILES string of the molecule is C=CC.CC(C)(C)CCC=N. The Hall–Kier alpha value is -0.590. The Morgan fingerprint density at radius 1 is 1.36 bits per heavy atom. The van der Waals surface area contributed by atoms with Crippen LogP contribution in [0.4, 0.5) is 0 Å². The summed E-state index contributed by atoms with van der Waals surface area (Å²) in [7, 11) is 0. The van der Waals surface area contributed by atoms with Crippen LogP contribution in [0.3, 0.4) is 0 Å². The van der Waals surface area contributed by atoms with Gasteiger partial charge in [0, 0.05) is 0 Å². The predicted molar refractivity (Wildman–Crippen MR) is 53.3 cm³/mol.